The fraction of sp³-hybridized carbons (Fsp3) is 0.0588. The molecule has 0 fully saturated rings. The molecule has 0 N–H and O–H groups in total. The lowest BCUT2D eigenvalue weighted by atomic mass is 10.2. The monoisotopic (exact) mass is 403 g/mol. The number of nitrogens with zero attached hydrogens (tertiary/aromatic N) is 3. The molecule has 0 radical (unpaired) electrons. The predicted octanol–water partition coefficient (Wildman–Crippen LogP) is 5.46. The van der Waals surface area contributed by atoms with Gasteiger partial charge in [-0.3, -0.25) is 0 Å². The Kier molecular flexibility index (Phi) is 3.93. The number of fused-ring (bicyclic) bond motifs is 1. The topological polar surface area (TPSA) is 30.2 Å². The quantitative estimate of drug-likeness (QED) is 0.453. The average molecular weight is 405 g/mol. The molecule has 0 amide bonds. The Morgan fingerprint density at radius 3 is 2.48 bits per heavy atom. The summed E-state index contributed by atoms with van der Waals surface area (Å²) >= 11 is 11.2. The number of imidazole rings is 1. The van der Waals surface area contributed by atoms with Gasteiger partial charge in [0, 0.05) is 17.0 Å². The lowest BCUT2D eigenvalue weighted by molar-refractivity contribution is 0.904. The van der Waals surface area contributed by atoms with Crippen LogP contribution in [0.25, 0.3) is 16.2 Å². The molecule has 3 nitrogen and oxygen atoms in total. The molecular formula is C17H11BrClN3S. The molecule has 4 rings (SSSR count). The standard InChI is InChI=1S/C17H11BrClN3S/c18-16-15(12-4-2-1-3-5-12)20-17-22(16)21-14(23-17)10-11-6-8-13(19)9-7-11/h1-9H,10H2. The fourth-order valence-corrected chi connectivity index (χ4v) is 4.13. The van der Waals surface area contributed by atoms with Crippen LogP contribution < -0.4 is 0 Å². The zero-order valence-electron chi connectivity index (χ0n) is 11.9. The van der Waals surface area contributed by atoms with Crippen molar-refractivity contribution in [2.45, 2.75) is 6.42 Å². The molecule has 0 aliphatic heterocycles. The first-order valence-electron chi connectivity index (χ1n) is 7.04. The molecule has 4 aromatic rings. The number of halogens is 2. The number of rotatable bonds is 3. The highest BCUT2D eigenvalue weighted by molar-refractivity contribution is 9.10. The van der Waals surface area contributed by atoms with Crippen LogP contribution in [0.1, 0.15) is 10.6 Å². The van der Waals surface area contributed by atoms with Crippen molar-refractivity contribution < 1.29 is 0 Å². The lowest BCUT2D eigenvalue weighted by Gasteiger charge is -1.98. The first-order chi connectivity index (χ1) is 11.2. The third-order valence-electron chi connectivity index (χ3n) is 3.51. The van der Waals surface area contributed by atoms with Crippen molar-refractivity contribution in [2.75, 3.05) is 0 Å². The highest BCUT2D eigenvalue weighted by atomic mass is 79.9. The highest BCUT2D eigenvalue weighted by Crippen LogP contribution is 2.31. The van der Waals surface area contributed by atoms with Crippen molar-refractivity contribution in [3.05, 3.63) is 74.8 Å². The van der Waals surface area contributed by atoms with Gasteiger partial charge in [0.15, 0.2) is 0 Å². The average Bonchev–Trinajstić information content (AvgIpc) is 3.10. The predicted molar refractivity (Wildman–Crippen MR) is 98.3 cm³/mol. The van der Waals surface area contributed by atoms with E-state index in [9.17, 15) is 0 Å². The molecule has 2 heterocycles. The van der Waals surface area contributed by atoms with Gasteiger partial charge in [-0.2, -0.15) is 9.61 Å². The van der Waals surface area contributed by atoms with Crippen LogP contribution in [-0.4, -0.2) is 14.6 Å². The second-order valence-corrected chi connectivity index (χ2v) is 7.34. The van der Waals surface area contributed by atoms with Crippen molar-refractivity contribution in [3.8, 4) is 11.3 Å². The van der Waals surface area contributed by atoms with E-state index in [4.69, 9.17) is 16.6 Å². The summed E-state index contributed by atoms with van der Waals surface area (Å²) in [7, 11) is 0. The zero-order valence-corrected chi connectivity index (χ0v) is 15.1. The van der Waals surface area contributed by atoms with E-state index >= 15 is 0 Å². The molecule has 0 spiro atoms. The molecule has 2 aromatic carbocycles. The van der Waals surface area contributed by atoms with Crippen molar-refractivity contribution in [3.63, 3.8) is 0 Å². The minimum absolute atomic E-state index is 0.748. The first kappa shape index (κ1) is 14.9. The summed E-state index contributed by atoms with van der Waals surface area (Å²) in [4.78, 5) is 5.60. The number of benzene rings is 2. The maximum absolute atomic E-state index is 5.92. The maximum atomic E-state index is 5.92. The Morgan fingerprint density at radius 1 is 1.04 bits per heavy atom. The summed E-state index contributed by atoms with van der Waals surface area (Å²) in [5.74, 6) is 0. The Balaban J connectivity index is 1.68. The molecule has 6 heteroatoms. The number of hydrogen-bond acceptors (Lipinski definition) is 3. The molecule has 0 bridgehead atoms. The fourth-order valence-electron chi connectivity index (χ4n) is 2.39. The van der Waals surface area contributed by atoms with Crippen molar-refractivity contribution in [2.24, 2.45) is 0 Å². The molecule has 0 atom stereocenters. The Bertz CT molecular complexity index is 961. The van der Waals surface area contributed by atoms with Gasteiger partial charge < -0.3 is 0 Å². The van der Waals surface area contributed by atoms with Crippen molar-refractivity contribution in [1.82, 2.24) is 14.6 Å². The number of aromatic nitrogens is 3. The Hall–Kier alpha value is -1.69. The van der Waals surface area contributed by atoms with E-state index in [0.29, 0.717) is 0 Å². The molecule has 0 aliphatic rings. The summed E-state index contributed by atoms with van der Waals surface area (Å²) in [5.41, 5.74) is 3.18. The second kappa shape index (κ2) is 6.07. The van der Waals surface area contributed by atoms with Crippen LogP contribution in [0, 0.1) is 0 Å². The van der Waals surface area contributed by atoms with E-state index in [1.54, 1.807) is 11.3 Å². The van der Waals surface area contributed by atoms with Crippen LogP contribution in [0.5, 0.6) is 0 Å². The minimum atomic E-state index is 0.748. The molecule has 0 saturated carbocycles. The van der Waals surface area contributed by atoms with E-state index in [1.165, 1.54) is 5.56 Å². The summed E-state index contributed by atoms with van der Waals surface area (Å²) in [6, 6.07) is 18.0. The summed E-state index contributed by atoms with van der Waals surface area (Å²) in [5, 5.41) is 6.44. The zero-order chi connectivity index (χ0) is 15.8. The van der Waals surface area contributed by atoms with Crippen LogP contribution in [0.2, 0.25) is 5.02 Å². The maximum Gasteiger partial charge on any atom is 0.213 e. The normalized spacial score (nSPS) is 11.2. The minimum Gasteiger partial charge on any atom is -0.216 e. The largest absolute Gasteiger partial charge is 0.216 e. The number of hydrogen-bond donors (Lipinski definition) is 0. The van der Waals surface area contributed by atoms with Crippen LogP contribution in [0.4, 0.5) is 0 Å². The molecule has 114 valence electrons. The molecule has 0 saturated heterocycles. The van der Waals surface area contributed by atoms with E-state index in [2.05, 4.69) is 21.0 Å². The van der Waals surface area contributed by atoms with Gasteiger partial charge in [0.1, 0.15) is 15.3 Å². The smallest absolute Gasteiger partial charge is 0.213 e. The molecule has 0 unspecified atom stereocenters. The Labute approximate surface area is 150 Å². The van der Waals surface area contributed by atoms with Crippen molar-refractivity contribution >= 4 is 43.8 Å². The summed E-state index contributed by atoms with van der Waals surface area (Å²) < 4.78 is 2.75. The van der Waals surface area contributed by atoms with E-state index in [-0.39, 0.29) is 0 Å². The van der Waals surface area contributed by atoms with Gasteiger partial charge in [-0.25, -0.2) is 4.98 Å². The Morgan fingerprint density at radius 2 is 1.78 bits per heavy atom. The molecule has 0 aliphatic carbocycles. The summed E-state index contributed by atoms with van der Waals surface area (Å²) in [6.45, 7) is 0. The van der Waals surface area contributed by atoms with Gasteiger partial charge in [-0.15, -0.1) is 0 Å². The third-order valence-corrected chi connectivity index (χ3v) is 5.38. The van der Waals surface area contributed by atoms with Crippen LogP contribution in [0.3, 0.4) is 0 Å². The third kappa shape index (κ3) is 2.92. The van der Waals surface area contributed by atoms with Crippen LogP contribution in [0.15, 0.2) is 59.2 Å². The molecular weight excluding hydrogens is 394 g/mol. The first-order valence-corrected chi connectivity index (χ1v) is 9.03. The lowest BCUT2D eigenvalue weighted by Crippen LogP contribution is -1.91. The highest BCUT2D eigenvalue weighted by Gasteiger charge is 2.16. The van der Waals surface area contributed by atoms with Gasteiger partial charge in [-0.1, -0.05) is 65.4 Å². The van der Waals surface area contributed by atoms with Crippen molar-refractivity contribution in [1.29, 1.82) is 0 Å². The molecule has 2 aromatic heterocycles. The van der Waals surface area contributed by atoms with Crippen LogP contribution in [-0.2, 0) is 6.42 Å². The second-order valence-electron chi connectivity index (χ2n) is 5.11. The van der Waals surface area contributed by atoms with E-state index in [1.807, 2.05) is 59.1 Å². The van der Waals surface area contributed by atoms with E-state index < -0.39 is 0 Å². The van der Waals surface area contributed by atoms with Gasteiger partial charge >= 0.3 is 0 Å². The summed E-state index contributed by atoms with van der Waals surface area (Å²) in [6.07, 6.45) is 0.776. The van der Waals surface area contributed by atoms with Gasteiger partial charge in [0.05, 0.1) is 0 Å². The SMILES string of the molecule is Clc1ccc(Cc2nn3c(Br)c(-c4ccccc4)nc3s2)cc1. The van der Waals surface area contributed by atoms with Crippen LogP contribution >= 0.6 is 38.9 Å². The van der Waals surface area contributed by atoms with Gasteiger partial charge in [0.25, 0.3) is 0 Å². The molecule has 23 heavy (non-hydrogen) atoms. The van der Waals surface area contributed by atoms with E-state index in [0.717, 1.165) is 37.3 Å². The van der Waals surface area contributed by atoms with Gasteiger partial charge in [0.2, 0.25) is 4.96 Å². The van der Waals surface area contributed by atoms with Gasteiger partial charge in [-0.05, 0) is 33.6 Å².